The van der Waals surface area contributed by atoms with Crippen LogP contribution in [0.5, 0.6) is 0 Å². The van der Waals surface area contributed by atoms with Gasteiger partial charge < -0.3 is 9.88 Å². The molecule has 0 spiro atoms. The van der Waals surface area contributed by atoms with E-state index in [9.17, 15) is 12.8 Å². The Morgan fingerprint density at radius 2 is 2.00 bits per heavy atom. The number of fused-ring (bicyclic) bond motifs is 1. The first-order valence-electron chi connectivity index (χ1n) is 9.56. The molecule has 1 aliphatic rings. The van der Waals surface area contributed by atoms with Crippen LogP contribution in [0.3, 0.4) is 0 Å². The predicted octanol–water partition coefficient (Wildman–Crippen LogP) is 3.29. The highest BCUT2D eigenvalue weighted by Crippen LogP contribution is 2.21. The van der Waals surface area contributed by atoms with Gasteiger partial charge in [-0.3, -0.25) is 0 Å². The first-order valence-corrected chi connectivity index (χ1v) is 11.0. The molecule has 0 radical (unpaired) electrons. The first-order chi connectivity index (χ1) is 13.5. The number of halogens is 1. The molecule has 0 saturated carbocycles. The van der Waals surface area contributed by atoms with E-state index in [4.69, 9.17) is 0 Å². The number of H-pyrrole nitrogens is 1. The second kappa shape index (κ2) is 8.03. The molecule has 3 aromatic rings. The zero-order valence-electron chi connectivity index (χ0n) is 15.6. The summed E-state index contributed by atoms with van der Waals surface area (Å²) in [4.78, 5) is 5.78. The van der Waals surface area contributed by atoms with Gasteiger partial charge in [-0.2, -0.15) is 0 Å². The molecule has 1 unspecified atom stereocenters. The Hall–Kier alpha value is -2.22. The average molecular weight is 402 g/mol. The van der Waals surface area contributed by atoms with Crippen molar-refractivity contribution in [3.63, 3.8) is 0 Å². The number of sulfonamides is 1. The Labute approximate surface area is 164 Å². The number of hydrogen-bond donors (Lipinski definition) is 2. The molecule has 0 bridgehead atoms. The van der Waals surface area contributed by atoms with Gasteiger partial charge in [0.2, 0.25) is 10.0 Å². The number of nitrogens with zero attached hydrogens (tertiary/aromatic N) is 1. The van der Waals surface area contributed by atoms with Crippen LogP contribution in [0.15, 0.2) is 59.6 Å². The second-order valence-electron chi connectivity index (χ2n) is 7.33. The Kier molecular flexibility index (Phi) is 5.48. The highest BCUT2D eigenvalue weighted by molar-refractivity contribution is 7.89. The predicted molar refractivity (Wildman–Crippen MR) is 108 cm³/mol. The molecule has 1 atom stereocenters. The van der Waals surface area contributed by atoms with Crippen molar-refractivity contribution in [3.05, 3.63) is 66.1 Å². The monoisotopic (exact) mass is 401 g/mol. The zero-order valence-corrected chi connectivity index (χ0v) is 16.4. The molecule has 5 nitrogen and oxygen atoms in total. The highest BCUT2D eigenvalue weighted by Gasteiger charge is 2.26. The minimum atomic E-state index is -3.47. The maximum Gasteiger partial charge on any atom is 0.240 e. The molecule has 0 aliphatic carbocycles. The third-order valence-electron chi connectivity index (χ3n) is 5.30. The number of rotatable bonds is 7. The van der Waals surface area contributed by atoms with Gasteiger partial charge in [0.05, 0.1) is 4.90 Å². The van der Waals surface area contributed by atoms with Crippen LogP contribution in [-0.4, -0.2) is 44.0 Å². The van der Waals surface area contributed by atoms with Crippen molar-refractivity contribution in [2.24, 2.45) is 0 Å². The average Bonchev–Trinajstić information content (AvgIpc) is 3.29. The minimum absolute atomic E-state index is 0.0626. The third kappa shape index (κ3) is 4.27. The van der Waals surface area contributed by atoms with Gasteiger partial charge in [-0.1, -0.05) is 18.2 Å². The summed E-state index contributed by atoms with van der Waals surface area (Å²) in [6.07, 6.45) is 4.57. The lowest BCUT2D eigenvalue weighted by molar-refractivity contribution is 0.327. The van der Waals surface area contributed by atoms with Crippen molar-refractivity contribution in [2.75, 3.05) is 19.6 Å². The summed E-state index contributed by atoms with van der Waals surface area (Å²) in [7, 11) is -3.47. The summed E-state index contributed by atoms with van der Waals surface area (Å²) in [5, 5.41) is 0.940. The van der Waals surface area contributed by atoms with Crippen LogP contribution in [0.1, 0.15) is 18.4 Å². The number of benzene rings is 2. The lowest BCUT2D eigenvalue weighted by Crippen LogP contribution is -2.37. The maximum atomic E-state index is 13.5. The molecule has 148 valence electrons. The smallest absolute Gasteiger partial charge is 0.240 e. The number of hydrogen-bond acceptors (Lipinski definition) is 3. The van der Waals surface area contributed by atoms with E-state index in [-0.39, 0.29) is 11.9 Å². The van der Waals surface area contributed by atoms with E-state index in [1.807, 2.05) is 6.20 Å². The summed E-state index contributed by atoms with van der Waals surface area (Å²) in [5.41, 5.74) is 2.07. The van der Waals surface area contributed by atoms with Crippen LogP contribution >= 0.6 is 0 Å². The Bertz CT molecular complexity index is 1050. The van der Waals surface area contributed by atoms with Crippen LogP contribution in [0.25, 0.3) is 10.9 Å². The van der Waals surface area contributed by atoms with Crippen LogP contribution in [0, 0.1) is 5.82 Å². The molecule has 1 fully saturated rings. The van der Waals surface area contributed by atoms with Gasteiger partial charge >= 0.3 is 0 Å². The Balaban J connectivity index is 1.29. The van der Waals surface area contributed by atoms with Crippen molar-refractivity contribution in [1.29, 1.82) is 0 Å². The van der Waals surface area contributed by atoms with Gasteiger partial charge in [-0.15, -0.1) is 0 Å². The molecular weight excluding hydrogens is 377 g/mol. The van der Waals surface area contributed by atoms with E-state index in [1.165, 1.54) is 6.07 Å². The maximum absolute atomic E-state index is 13.5. The van der Waals surface area contributed by atoms with Gasteiger partial charge in [0.1, 0.15) is 5.82 Å². The van der Waals surface area contributed by atoms with Crippen molar-refractivity contribution in [1.82, 2.24) is 14.6 Å². The molecule has 1 aromatic heterocycles. The zero-order chi connectivity index (χ0) is 19.6. The quantitative estimate of drug-likeness (QED) is 0.639. The summed E-state index contributed by atoms with van der Waals surface area (Å²) in [6, 6.07) is 13.2. The number of aromatic nitrogens is 1. The Morgan fingerprint density at radius 3 is 2.82 bits per heavy atom. The fourth-order valence-electron chi connectivity index (χ4n) is 3.87. The molecule has 2 aromatic carbocycles. The summed E-state index contributed by atoms with van der Waals surface area (Å²) in [6.45, 7) is 2.49. The minimum Gasteiger partial charge on any atom is -0.361 e. The first kappa shape index (κ1) is 19.1. The molecule has 0 amide bonds. The standard InChI is InChI=1S/C21H24FN3O2S/c22-17-8-9-21-20(13-17)16(14-23-21)5-4-11-25-12-10-18(15-25)24-28(26,27)19-6-2-1-3-7-19/h1-3,6-9,13-14,18,23-24H,4-5,10-12,15H2. The SMILES string of the molecule is O=S(=O)(NC1CCN(CCCc2c[nH]c3ccc(F)cc23)C1)c1ccccc1. The highest BCUT2D eigenvalue weighted by atomic mass is 32.2. The molecule has 28 heavy (non-hydrogen) atoms. The molecule has 1 aliphatic heterocycles. The number of likely N-dealkylation sites (tertiary alicyclic amines) is 1. The molecule has 4 rings (SSSR count). The van der Waals surface area contributed by atoms with Crippen molar-refractivity contribution >= 4 is 20.9 Å². The van der Waals surface area contributed by atoms with Crippen LogP contribution in [-0.2, 0) is 16.4 Å². The Morgan fingerprint density at radius 1 is 1.18 bits per heavy atom. The van der Waals surface area contributed by atoms with Gasteiger partial charge in [0, 0.05) is 29.7 Å². The van der Waals surface area contributed by atoms with E-state index >= 15 is 0 Å². The lowest BCUT2D eigenvalue weighted by Gasteiger charge is -2.16. The lowest BCUT2D eigenvalue weighted by atomic mass is 10.1. The van der Waals surface area contributed by atoms with E-state index in [0.717, 1.165) is 48.8 Å². The number of nitrogens with one attached hydrogen (secondary N) is 2. The third-order valence-corrected chi connectivity index (χ3v) is 6.83. The topological polar surface area (TPSA) is 65.2 Å². The van der Waals surface area contributed by atoms with Crippen LogP contribution in [0.4, 0.5) is 4.39 Å². The molecule has 7 heteroatoms. The van der Waals surface area contributed by atoms with Crippen LogP contribution in [0.2, 0.25) is 0 Å². The van der Waals surface area contributed by atoms with Gasteiger partial charge in [-0.05, 0) is 68.2 Å². The van der Waals surface area contributed by atoms with E-state index in [2.05, 4.69) is 14.6 Å². The molecule has 1 saturated heterocycles. The van der Waals surface area contributed by atoms with Gasteiger partial charge in [-0.25, -0.2) is 17.5 Å². The molecule has 2 N–H and O–H groups in total. The summed E-state index contributed by atoms with van der Waals surface area (Å²) in [5.74, 6) is -0.221. The number of aryl methyl sites for hydroxylation is 1. The molecular formula is C21H24FN3O2S. The van der Waals surface area contributed by atoms with Gasteiger partial charge in [0.15, 0.2) is 0 Å². The van der Waals surface area contributed by atoms with Crippen molar-refractivity contribution < 1.29 is 12.8 Å². The fourth-order valence-corrected chi connectivity index (χ4v) is 5.15. The number of aromatic amines is 1. The largest absolute Gasteiger partial charge is 0.361 e. The van der Waals surface area contributed by atoms with Crippen molar-refractivity contribution in [2.45, 2.75) is 30.2 Å². The second-order valence-corrected chi connectivity index (χ2v) is 9.04. The van der Waals surface area contributed by atoms with Gasteiger partial charge in [0.25, 0.3) is 0 Å². The van der Waals surface area contributed by atoms with E-state index in [0.29, 0.717) is 11.4 Å². The summed E-state index contributed by atoms with van der Waals surface area (Å²) < 4.78 is 41.2. The van der Waals surface area contributed by atoms with E-state index < -0.39 is 10.0 Å². The fraction of sp³-hybridized carbons (Fsp3) is 0.333. The summed E-state index contributed by atoms with van der Waals surface area (Å²) >= 11 is 0. The van der Waals surface area contributed by atoms with Crippen molar-refractivity contribution in [3.8, 4) is 0 Å². The van der Waals surface area contributed by atoms with Crippen LogP contribution < -0.4 is 4.72 Å². The van der Waals surface area contributed by atoms with E-state index in [1.54, 1.807) is 42.5 Å². The molecule has 2 heterocycles. The normalized spacial score (nSPS) is 18.1.